The quantitative estimate of drug-likeness (QED) is 0.839. The Labute approximate surface area is 165 Å². The number of piperidine rings is 1. The lowest BCUT2D eigenvalue weighted by Crippen LogP contribution is -2.49. The molecular weight excluding hydrogens is 352 g/mol. The highest BCUT2D eigenvalue weighted by Gasteiger charge is 2.31. The van der Waals surface area contributed by atoms with Crippen LogP contribution in [-0.4, -0.2) is 35.8 Å². The summed E-state index contributed by atoms with van der Waals surface area (Å²) in [6.07, 6.45) is 1.67. The molecule has 0 radical (unpaired) electrons. The lowest BCUT2D eigenvalue weighted by atomic mass is 9.95. The molecule has 2 atom stereocenters. The standard InChI is InChI=1S/C22H24N4O2/c1-16(21(27)25-20-12-6-5-8-17(20)14-23)26-13-7-9-18(15-26)22(28)24-19-10-3-2-4-11-19/h2-6,8,10-12,16,18H,7,9,13,15H2,1H3,(H,24,28)(H,25,27)/t16-,18-/m0/s1. The fourth-order valence-corrected chi connectivity index (χ4v) is 3.43. The van der Waals surface area contributed by atoms with E-state index in [1.54, 1.807) is 24.3 Å². The second-order valence-electron chi connectivity index (χ2n) is 7.01. The number of rotatable bonds is 5. The second kappa shape index (κ2) is 9.16. The number of likely N-dealkylation sites (tertiary alicyclic amines) is 1. The van der Waals surface area contributed by atoms with Crippen LogP contribution in [0.4, 0.5) is 11.4 Å². The molecule has 1 heterocycles. The fourth-order valence-electron chi connectivity index (χ4n) is 3.43. The van der Waals surface area contributed by atoms with E-state index in [4.69, 9.17) is 0 Å². The molecule has 3 rings (SSSR count). The van der Waals surface area contributed by atoms with Crippen molar-refractivity contribution in [1.29, 1.82) is 5.26 Å². The van der Waals surface area contributed by atoms with Gasteiger partial charge in [0.25, 0.3) is 0 Å². The molecule has 0 aromatic heterocycles. The number of carbonyl (C=O) groups is 2. The first kappa shape index (κ1) is 19.6. The van der Waals surface area contributed by atoms with Gasteiger partial charge in [-0.25, -0.2) is 0 Å². The molecule has 28 heavy (non-hydrogen) atoms. The van der Waals surface area contributed by atoms with Gasteiger partial charge in [0, 0.05) is 12.2 Å². The van der Waals surface area contributed by atoms with Crippen molar-refractivity contribution in [3.05, 3.63) is 60.2 Å². The van der Waals surface area contributed by atoms with Crippen LogP contribution >= 0.6 is 0 Å². The van der Waals surface area contributed by atoms with Crippen LogP contribution in [0.15, 0.2) is 54.6 Å². The first-order valence-corrected chi connectivity index (χ1v) is 9.48. The normalized spacial score (nSPS) is 17.9. The Kier molecular flexibility index (Phi) is 6.41. The van der Waals surface area contributed by atoms with Gasteiger partial charge in [-0.3, -0.25) is 14.5 Å². The number of amides is 2. The second-order valence-corrected chi connectivity index (χ2v) is 7.01. The Hall–Kier alpha value is -3.17. The minimum Gasteiger partial charge on any atom is -0.326 e. The van der Waals surface area contributed by atoms with E-state index in [1.165, 1.54) is 0 Å². The minimum absolute atomic E-state index is 0.0154. The molecule has 1 fully saturated rings. The van der Waals surface area contributed by atoms with Gasteiger partial charge in [0.2, 0.25) is 11.8 Å². The Bertz CT molecular complexity index is 876. The molecule has 0 saturated carbocycles. The maximum Gasteiger partial charge on any atom is 0.241 e. The summed E-state index contributed by atoms with van der Waals surface area (Å²) in [7, 11) is 0. The number of hydrogen-bond donors (Lipinski definition) is 2. The van der Waals surface area contributed by atoms with E-state index in [1.807, 2.05) is 42.2 Å². The lowest BCUT2D eigenvalue weighted by molar-refractivity contribution is -0.125. The smallest absolute Gasteiger partial charge is 0.241 e. The van der Waals surface area contributed by atoms with Gasteiger partial charge in [-0.15, -0.1) is 0 Å². The molecule has 1 aliphatic heterocycles. The van der Waals surface area contributed by atoms with E-state index in [-0.39, 0.29) is 23.8 Å². The van der Waals surface area contributed by atoms with Crippen molar-refractivity contribution in [3.63, 3.8) is 0 Å². The van der Waals surface area contributed by atoms with Gasteiger partial charge >= 0.3 is 0 Å². The summed E-state index contributed by atoms with van der Waals surface area (Å²) >= 11 is 0. The summed E-state index contributed by atoms with van der Waals surface area (Å²) in [6.45, 7) is 3.14. The summed E-state index contributed by atoms with van der Waals surface area (Å²) in [5.74, 6) is -0.347. The molecule has 6 nitrogen and oxygen atoms in total. The average Bonchev–Trinajstić information content (AvgIpc) is 2.74. The number of para-hydroxylation sites is 2. The Morgan fingerprint density at radius 1 is 1.11 bits per heavy atom. The molecule has 6 heteroatoms. The van der Waals surface area contributed by atoms with E-state index in [9.17, 15) is 14.9 Å². The Morgan fingerprint density at radius 2 is 1.82 bits per heavy atom. The molecule has 2 aromatic rings. The molecule has 1 saturated heterocycles. The molecule has 1 aliphatic rings. The molecule has 0 aliphatic carbocycles. The number of benzene rings is 2. The molecule has 2 aromatic carbocycles. The molecule has 2 N–H and O–H groups in total. The third-order valence-electron chi connectivity index (χ3n) is 5.10. The van der Waals surface area contributed by atoms with Crippen molar-refractivity contribution < 1.29 is 9.59 Å². The first-order valence-electron chi connectivity index (χ1n) is 9.48. The van der Waals surface area contributed by atoms with Crippen molar-refractivity contribution in [2.75, 3.05) is 23.7 Å². The third-order valence-corrected chi connectivity index (χ3v) is 5.10. The van der Waals surface area contributed by atoms with E-state index in [0.717, 1.165) is 25.1 Å². The van der Waals surface area contributed by atoms with Crippen LogP contribution in [0.5, 0.6) is 0 Å². The predicted octanol–water partition coefficient (Wildman–Crippen LogP) is 3.24. The van der Waals surface area contributed by atoms with Gasteiger partial charge in [-0.05, 0) is 50.6 Å². The van der Waals surface area contributed by atoms with Crippen LogP contribution in [0.1, 0.15) is 25.3 Å². The topological polar surface area (TPSA) is 85.2 Å². The summed E-state index contributed by atoms with van der Waals surface area (Å²) in [5, 5.41) is 15.0. The van der Waals surface area contributed by atoms with Gasteiger partial charge in [0.1, 0.15) is 6.07 Å². The number of hydrogen-bond acceptors (Lipinski definition) is 4. The third kappa shape index (κ3) is 4.76. The first-order chi connectivity index (χ1) is 13.6. The average molecular weight is 376 g/mol. The van der Waals surface area contributed by atoms with Gasteiger partial charge in [-0.2, -0.15) is 5.26 Å². The molecule has 144 valence electrons. The van der Waals surface area contributed by atoms with E-state index in [0.29, 0.717) is 17.8 Å². The monoisotopic (exact) mass is 376 g/mol. The van der Waals surface area contributed by atoms with Crippen molar-refractivity contribution in [2.45, 2.75) is 25.8 Å². The van der Waals surface area contributed by atoms with Crippen LogP contribution in [0.25, 0.3) is 0 Å². The maximum absolute atomic E-state index is 12.7. The highest BCUT2D eigenvalue weighted by atomic mass is 16.2. The van der Waals surface area contributed by atoms with E-state index < -0.39 is 0 Å². The highest BCUT2D eigenvalue weighted by Crippen LogP contribution is 2.22. The number of nitriles is 1. The minimum atomic E-state index is -0.390. The van der Waals surface area contributed by atoms with E-state index in [2.05, 4.69) is 16.7 Å². The SMILES string of the molecule is C[C@@H](C(=O)Nc1ccccc1C#N)N1CCC[C@H](C(=O)Nc2ccccc2)C1. The number of nitrogens with one attached hydrogen (secondary N) is 2. The zero-order chi connectivity index (χ0) is 19.9. The highest BCUT2D eigenvalue weighted by molar-refractivity contribution is 5.96. The van der Waals surface area contributed by atoms with E-state index >= 15 is 0 Å². The molecule has 0 unspecified atom stereocenters. The van der Waals surface area contributed by atoms with Crippen LogP contribution in [-0.2, 0) is 9.59 Å². The Morgan fingerprint density at radius 3 is 2.57 bits per heavy atom. The van der Waals surface area contributed by atoms with Crippen LogP contribution in [0.3, 0.4) is 0 Å². The zero-order valence-electron chi connectivity index (χ0n) is 15.9. The zero-order valence-corrected chi connectivity index (χ0v) is 15.9. The fraction of sp³-hybridized carbons (Fsp3) is 0.318. The number of carbonyl (C=O) groups excluding carboxylic acids is 2. The number of nitrogens with zero attached hydrogens (tertiary/aromatic N) is 2. The lowest BCUT2D eigenvalue weighted by Gasteiger charge is -2.35. The van der Waals surface area contributed by atoms with Crippen molar-refractivity contribution in [3.8, 4) is 6.07 Å². The van der Waals surface area contributed by atoms with Gasteiger partial charge in [0.15, 0.2) is 0 Å². The summed E-state index contributed by atoms with van der Waals surface area (Å²) in [4.78, 5) is 27.3. The van der Waals surface area contributed by atoms with Crippen molar-refractivity contribution >= 4 is 23.2 Å². The summed E-state index contributed by atoms with van der Waals surface area (Å²) in [5.41, 5.74) is 1.72. The van der Waals surface area contributed by atoms with Crippen LogP contribution < -0.4 is 10.6 Å². The van der Waals surface area contributed by atoms with Gasteiger partial charge < -0.3 is 10.6 Å². The summed E-state index contributed by atoms with van der Waals surface area (Å²) < 4.78 is 0. The van der Waals surface area contributed by atoms with Crippen molar-refractivity contribution in [1.82, 2.24) is 4.90 Å². The van der Waals surface area contributed by atoms with Crippen LogP contribution in [0, 0.1) is 17.2 Å². The summed E-state index contributed by atoms with van der Waals surface area (Å²) in [6, 6.07) is 18.0. The molecule has 0 bridgehead atoms. The van der Waals surface area contributed by atoms with Gasteiger partial charge in [-0.1, -0.05) is 30.3 Å². The largest absolute Gasteiger partial charge is 0.326 e. The predicted molar refractivity (Wildman–Crippen MR) is 109 cm³/mol. The molecule has 2 amide bonds. The number of anilines is 2. The maximum atomic E-state index is 12.7. The van der Waals surface area contributed by atoms with Crippen molar-refractivity contribution in [2.24, 2.45) is 5.92 Å². The molecular formula is C22H24N4O2. The molecule has 0 spiro atoms. The Balaban J connectivity index is 1.60. The van der Waals surface area contributed by atoms with Gasteiger partial charge in [0.05, 0.1) is 23.2 Å². The van der Waals surface area contributed by atoms with Crippen LogP contribution in [0.2, 0.25) is 0 Å².